The molecule has 1 aliphatic carbocycles. The molecule has 0 spiro atoms. The monoisotopic (exact) mass is 462 g/mol. The first-order chi connectivity index (χ1) is 10.9. The van der Waals surface area contributed by atoms with E-state index in [1.807, 2.05) is 48.5 Å². The number of aliphatic hydroxyl groups is 1. The molecule has 3 nitrogen and oxygen atoms in total. The van der Waals surface area contributed by atoms with E-state index in [2.05, 4.69) is 0 Å². The Labute approximate surface area is 146 Å². The number of aliphatic hydroxyl groups excluding tert-OH is 1. The Bertz CT molecular complexity index is 885. The molecule has 2 aromatic rings. The number of hydrogen-bond acceptors (Lipinski definition) is 3. The normalized spacial score (nSPS) is 18.9. The van der Waals surface area contributed by atoms with Gasteiger partial charge in [0.2, 0.25) is 0 Å². The summed E-state index contributed by atoms with van der Waals surface area (Å²) in [6, 6.07) is 15.5. The van der Waals surface area contributed by atoms with E-state index in [4.69, 9.17) is 24.9 Å². The van der Waals surface area contributed by atoms with Gasteiger partial charge in [-0.2, -0.15) is 0 Å². The van der Waals surface area contributed by atoms with Crippen molar-refractivity contribution in [2.75, 3.05) is 13.2 Å². The van der Waals surface area contributed by atoms with Gasteiger partial charge in [0.1, 0.15) is 0 Å². The van der Waals surface area contributed by atoms with Gasteiger partial charge in [-0.15, -0.1) is 0 Å². The fourth-order valence-electron chi connectivity index (χ4n) is 3.87. The summed E-state index contributed by atoms with van der Waals surface area (Å²) >= 11 is -6.76. The predicted molar refractivity (Wildman–Crippen MR) is 99.6 cm³/mol. The summed E-state index contributed by atoms with van der Waals surface area (Å²) in [7, 11) is 13.9. The van der Waals surface area contributed by atoms with E-state index in [9.17, 15) is 2.81 Å². The van der Waals surface area contributed by atoms with Crippen molar-refractivity contribution in [1.82, 2.24) is 0 Å². The fourth-order valence-corrected chi connectivity index (χ4v) is 21.8. The minimum absolute atomic E-state index is 0.0153. The summed E-state index contributed by atoms with van der Waals surface area (Å²) in [5, 5.41) is 9.06. The molecule has 3 rings (SSSR count). The maximum atomic E-state index is 14.5. The van der Waals surface area contributed by atoms with Crippen molar-refractivity contribution in [2.45, 2.75) is 14.7 Å². The molecule has 0 saturated heterocycles. The third kappa shape index (κ3) is 3.15. The van der Waals surface area contributed by atoms with Crippen molar-refractivity contribution >= 4 is 24.4 Å². The zero-order valence-electron chi connectivity index (χ0n) is 13.8. The molecule has 1 aliphatic rings. The molecular weight excluding hydrogens is 442 g/mol. The zero-order chi connectivity index (χ0) is 17.7. The zero-order valence-corrected chi connectivity index (χ0v) is 19.8. The molecule has 24 heavy (non-hydrogen) atoms. The topological polar surface area (TPSA) is 46.5 Å². The number of fused-ring (bicyclic) bond motifs is 3. The van der Waals surface area contributed by atoms with Crippen LogP contribution in [0.4, 0.5) is 0 Å². The Balaban J connectivity index is 2.30. The van der Waals surface area contributed by atoms with Gasteiger partial charge in [-0.25, -0.2) is 0 Å². The summed E-state index contributed by atoms with van der Waals surface area (Å²) in [5.74, 6) is 0. The van der Waals surface area contributed by atoms with E-state index in [-0.39, 0.29) is 20.6 Å². The van der Waals surface area contributed by atoms with Crippen LogP contribution in [0.15, 0.2) is 48.5 Å². The van der Waals surface area contributed by atoms with Crippen molar-refractivity contribution in [2.24, 2.45) is 0 Å². The molecule has 0 radical (unpaired) electrons. The second-order valence-corrected chi connectivity index (χ2v) is 73.9. The Morgan fingerprint density at radius 3 is 2.00 bits per heavy atom. The summed E-state index contributed by atoms with van der Waals surface area (Å²) in [4.78, 5) is 0. The quantitative estimate of drug-likeness (QED) is 0.541. The molecule has 0 aromatic heterocycles. The molecule has 0 heterocycles. The Hall–Kier alpha value is -0.160. The first-order valence-electron chi connectivity index (χ1n) is 8.16. The van der Waals surface area contributed by atoms with E-state index >= 15 is 0 Å². The van der Waals surface area contributed by atoms with Crippen LogP contribution in [0.2, 0.25) is 4.63 Å². The molecule has 0 amide bonds. The van der Waals surface area contributed by atoms with E-state index in [1.165, 1.54) is 4.63 Å². The van der Waals surface area contributed by atoms with Crippen LogP contribution in [0.1, 0.15) is 21.2 Å². The van der Waals surface area contributed by atoms with Crippen molar-refractivity contribution < 1.29 is 23.8 Å². The average molecular weight is 465 g/mol. The fraction of sp³-hybridized carbons (Fsp3) is 0.294. The predicted octanol–water partition coefficient (Wildman–Crippen LogP) is 3.81. The molecule has 0 unspecified atom stereocenters. The van der Waals surface area contributed by atoms with Crippen LogP contribution in [-0.2, 0) is 18.7 Å². The van der Waals surface area contributed by atoms with Crippen LogP contribution in [0.5, 0.6) is 0 Å². The van der Waals surface area contributed by atoms with Crippen LogP contribution in [-0.4, -0.2) is 25.7 Å². The van der Waals surface area contributed by atoms with Crippen LogP contribution < -0.4 is 0 Å². The molecule has 0 bridgehead atoms. The van der Waals surface area contributed by atoms with Crippen molar-refractivity contribution in [3.05, 3.63) is 59.7 Å². The van der Waals surface area contributed by atoms with Gasteiger partial charge in [0.05, 0.1) is 0 Å². The maximum absolute atomic E-state index is 14.5. The first-order valence-corrected chi connectivity index (χ1v) is 28.8. The number of halogens is 2. The molecule has 130 valence electrons. The second-order valence-electron chi connectivity index (χ2n) is 8.10. The SMILES string of the molecule is [CH3][Zr](=[O])([SiH3])([Cl])([Cl])([O]CCCO)[CH]1c2ccccc2-c2ccccc21. The Kier molecular flexibility index (Phi) is 3.69. The molecule has 0 saturated carbocycles. The van der Waals surface area contributed by atoms with Gasteiger partial charge in [0.15, 0.2) is 0 Å². The first kappa shape index (κ1) is 18.6. The third-order valence-electron chi connectivity index (χ3n) is 4.81. The van der Waals surface area contributed by atoms with E-state index in [1.54, 1.807) is 0 Å². The van der Waals surface area contributed by atoms with Gasteiger partial charge in [-0.3, -0.25) is 0 Å². The number of benzene rings is 2. The Morgan fingerprint density at radius 1 is 1.08 bits per heavy atom. The van der Waals surface area contributed by atoms with Crippen molar-refractivity contribution in [1.29, 1.82) is 0 Å². The van der Waals surface area contributed by atoms with Crippen LogP contribution >= 0.6 is 17.0 Å². The summed E-state index contributed by atoms with van der Waals surface area (Å²) in [6.45, 7) is -0.00218. The molecular formula is C17H22Cl2O3SiZr. The van der Waals surface area contributed by atoms with Gasteiger partial charge in [-0.05, 0) is 0 Å². The minimum atomic E-state index is -6.76. The van der Waals surface area contributed by atoms with Crippen molar-refractivity contribution in [3.63, 3.8) is 0 Å². The molecule has 2 aromatic carbocycles. The Morgan fingerprint density at radius 2 is 1.54 bits per heavy atom. The van der Waals surface area contributed by atoms with E-state index < -0.39 is 16.7 Å². The average Bonchev–Trinajstić information content (AvgIpc) is 2.82. The van der Waals surface area contributed by atoms with Gasteiger partial charge in [0.25, 0.3) is 0 Å². The van der Waals surface area contributed by atoms with Gasteiger partial charge >= 0.3 is 147 Å². The molecule has 1 N–H and O–H groups in total. The standard InChI is InChI=1S/C13H9.C3H7O2.CH3.2ClH.O.H3Si.Zr/c1-3-7-12-10(5-1)9-11-6-2-4-8-13(11)12;4-2-1-3-5;;;;;;/h1-9H;4H,1-3H2;1H3;2*1H;;1H3;/q;-1;;;;;;+3/p-2. The van der Waals surface area contributed by atoms with Crippen LogP contribution in [0, 0.1) is 0 Å². The molecule has 7 heteroatoms. The van der Waals surface area contributed by atoms with Crippen molar-refractivity contribution in [3.8, 4) is 11.1 Å². The van der Waals surface area contributed by atoms with E-state index in [0.29, 0.717) is 6.42 Å². The van der Waals surface area contributed by atoms with Gasteiger partial charge < -0.3 is 0 Å². The van der Waals surface area contributed by atoms with Crippen LogP contribution in [0.3, 0.4) is 0 Å². The second kappa shape index (κ2) is 4.76. The van der Waals surface area contributed by atoms with Gasteiger partial charge in [-0.1, -0.05) is 0 Å². The molecule has 0 fully saturated rings. The van der Waals surface area contributed by atoms with Gasteiger partial charge in [0, 0.05) is 0 Å². The summed E-state index contributed by atoms with van der Waals surface area (Å²) in [6.07, 6.45) is 0.337. The van der Waals surface area contributed by atoms with E-state index in [0.717, 1.165) is 22.3 Å². The summed E-state index contributed by atoms with van der Waals surface area (Å²) < 4.78 is 21.2. The third-order valence-corrected chi connectivity index (χ3v) is 23.6. The molecule has 0 atom stereocenters. The number of hydrogen-bond donors (Lipinski definition) is 1. The van der Waals surface area contributed by atoms with Crippen LogP contribution in [0.25, 0.3) is 11.1 Å². The number of rotatable bonds is 5. The summed E-state index contributed by atoms with van der Waals surface area (Å²) in [5.41, 5.74) is 3.69. The molecule has 0 aliphatic heterocycles.